The van der Waals surface area contributed by atoms with Gasteiger partial charge in [0.15, 0.2) is 11.6 Å². The van der Waals surface area contributed by atoms with Crippen molar-refractivity contribution in [3.05, 3.63) is 29.3 Å². The molecule has 6 nitrogen and oxygen atoms in total. The lowest BCUT2D eigenvalue weighted by molar-refractivity contribution is -0.136. The van der Waals surface area contributed by atoms with Gasteiger partial charge in [-0.05, 0) is 12.1 Å². The first-order valence-corrected chi connectivity index (χ1v) is 5.61. The Bertz CT molecular complexity index is 618. The van der Waals surface area contributed by atoms with Crippen molar-refractivity contribution in [1.82, 2.24) is 4.90 Å². The summed E-state index contributed by atoms with van der Waals surface area (Å²) in [6, 6.07) is 0.906. The molecule has 20 heavy (non-hydrogen) atoms. The summed E-state index contributed by atoms with van der Waals surface area (Å²) in [5, 5.41) is 11.1. The average molecular weight is 284 g/mol. The van der Waals surface area contributed by atoms with E-state index >= 15 is 0 Å². The summed E-state index contributed by atoms with van der Waals surface area (Å²) in [7, 11) is 1.29. The van der Waals surface area contributed by atoms with Crippen molar-refractivity contribution in [3.8, 4) is 0 Å². The molecule has 0 aromatic heterocycles. The first-order chi connectivity index (χ1) is 9.32. The summed E-state index contributed by atoms with van der Waals surface area (Å²) in [5.41, 5.74) is -1.17. The summed E-state index contributed by atoms with van der Waals surface area (Å²) in [6.07, 6.45) is -0.170. The van der Waals surface area contributed by atoms with E-state index in [9.17, 15) is 23.2 Å². The second-order valence-corrected chi connectivity index (χ2v) is 4.29. The van der Waals surface area contributed by atoms with Crippen molar-refractivity contribution in [2.75, 3.05) is 12.4 Å². The number of imide groups is 1. The molecular weight excluding hydrogens is 274 g/mol. The fraction of sp³-hybridized carbons (Fsp3) is 0.250. The molecule has 1 heterocycles. The maximum absolute atomic E-state index is 13.7. The predicted molar refractivity (Wildman–Crippen MR) is 63.1 cm³/mol. The van der Waals surface area contributed by atoms with Crippen LogP contribution in [0.1, 0.15) is 16.8 Å². The number of hydrogen-bond donors (Lipinski definition) is 2. The highest BCUT2D eigenvalue weighted by molar-refractivity contribution is 6.06. The van der Waals surface area contributed by atoms with Crippen LogP contribution in [0.3, 0.4) is 0 Å². The van der Waals surface area contributed by atoms with Gasteiger partial charge in [0.25, 0.3) is 5.91 Å². The Balaban J connectivity index is 2.28. The number of amides is 2. The third-order valence-electron chi connectivity index (χ3n) is 3.02. The van der Waals surface area contributed by atoms with E-state index in [0.29, 0.717) is 0 Å². The molecule has 0 saturated carbocycles. The molecule has 0 spiro atoms. The molecule has 0 bridgehead atoms. The molecule has 1 aromatic rings. The van der Waals surface area contributed by atoms with Gasteiger partial charge in [-0.2, -0.15) is 0 Å². The van der Waals surface area contributed by atoms with E-state index < -0.39 is 41.0 Å². The van der Waals surface area contributed by atoms with E-state index in [1.165, 1.54) is 7.05 Å². The lowest BCUT2D eigenvalue weighted by atomic mass is 10.1. The number of rotatable bonds is 3. The smallest absolute Gasteiger partial charge is 0.338 e. The lowest BCUT2D eigenvalue weighted by Crippen LogP contribution is -2.32. The molecular formula is C12H10F2N2O4. The van der Waals surface area contributed by atoms with E-state index in [-0.39, 0.29) is 12.1 Å². The molecule has 1 aliphatic heterocycles. The molecule has 1 saturated heterocycles. The van der Waals surface area contributed by atoms with E-state index in [4.69, 9.17) is 5.11 Å². The van der Waals surface area contributed by atoms with E-state index in [0.717, 1.165) is 17.0 Å². The Morgan fingerprint density at radius 3 is 2.50 bits per heavy atom. The highest BCUT2D eigenvalue weighted by atomic mass is 19.2. The number of aromatic carboxylic acids is 1. The SMILES string of the molecule is CN1C(=O)CC(Nc2ccc(C(=O)O)c(F)c2F)C1=O. The van der Waals surface area contributed by atoms with Crippen LogP contribution in [0.2, 0.25) is 0 Å². The van der Waals surface area contributed by atoms with Crippen molar-refractivity contribution in [2.24, 2.45) is 0 Å². The number of carbonyl (C=O) groups excluding carboxylic acids is 2. The number of likely N-dealkylation sites (N-methyl/N-ethyl adjacent to an activating group) is 1. The van der Waals surface area contributed by atoms with Crippen LogP contribution >= 0.6 is 0 Å². The highest BCUT2D eigenvalue weighted by Gasteiger charge is 2.36. The summed E-state index contributed by atoms with van der Waals surface area (Å²) in [4.78, 5) is 34.4. The van der Waals surface area contributed by atoms with Gasteiger partial charge in [0.1, 0.15) is 6.04 Å². The van der Waals surface area contributed by atoms with E-state index in [1.807, 2.05) is 0 Å². The number of carbonyl (C=O) groups is 3. The maximum Gasteiger partial charge on any atom is 0.338 e. The number of benzene rings is 1. The number of nitrogens with zero attached hydrogens (tertiary/aromatic N) is 1. The minimum absolute atomic E-state index is 0.170. The Labute approximate surface area is 112 Å². The number of hydrogen-bond acceptors (Lipinski definition) is 4. The average Bonchev–Trinajstić information content (AvgIpc) is 2.62. The summed E-state index contributed by atoms with van der Waals surface area (Å²) >= 11 is 0. The maximum atomic E-state index is 13.7. The van der Waals surface area contributed by atoms with E-state index in [2.05, 4.69) is 5.32 Å². The van der Waals surface area contributed by atoms with Gasteiger partial charge in [-0.25, -0.2) is 13.6 Å². The van der Waals surface area contributed by atoms with Gasteiger partial charge in [-0.3, -0.25) is 14.5 Å². The molecule has 2 N–H and O–H groups in total. The fourth-order valence-electron chi connectivity index (χ4n) is 1.88. The Kier molecular flexibility index (Phi) is 3.39. The Hall–Kier alpha value is -2.51. The molecule has 0 radical (unpaired) electrons. The third kappa shape index (κ3) is 2.20. The molecule has 1 aromatic carbocycles. The second-order valence-electron chi connectivity index (χ2n) is 4.29. The summed E-state index contributed by atoms with van der Waals surface area (Å²) in [6.45, 7) is 0. The monoisotopic (exact) mass is 284 g/mol. The number of carboxylic acid groups (broad SMARTS) is 1. The zero-order valence-electron chi connectivity index (χ0n) is 10.3. The van der Waals surface area contributed by atoms with Crippen LogP contribution in [-0.4, -0.2) is 40.9 Å². The molecule has 106 valence electrons. The van der Waals surface area contributed by atoms with Crippen molar-refractivity contribution < 1.29 is 28.3 Å². The quantitative estimate of drug-likeness (QED) is 0.803. The molecule has 1 fully saturated rings. The van der Waals surface area contributed by atoms with E-state index in [1.54, 1.807) is 0 Å². The van der Waals surface area contributed by atoms with Gasteiger partial charge in [0.2, 0.25) is 5.91 Å². The van der Waals surface area contributed by atoms with Crippen molar-refractivity contribution in [3.63, 3.8) is 0 Å². The van der Waals surface area contributed by atoms with Crippen LogP contribution in [0.15, 0.2) is 12.1 Å². The van der Waals surface area contributed by atoms with Crippen LogP contribution in [0.4, 0.5) is 14.5 Å². The van der Waals surface area contributed by atoms with Crippen LogP contribution in [0.25, 0.3) is 0 Å². The minimum Gasteiger partial charge on any atom is -0.478 e. The summed E-state index contributed by atoms with van der Waals surface area (Å²) in [5.74, 6) is -5.51. The Morgan fingerprint density at radius 2 is 2.00 bits per heavy atom. The van der Waals surface area contributed by atoms with Crippen LogP contribution in [0.5, 0.6) is 0 Å². The molecule has 8 heteroatoms. The minimum atomic E-state index is -1.60. The molecule has 1 aliphatic rings. The predicted octanol–water partition coefficient (Wildman–Crippen LogP) is 0.832. The van der Waals surface area contributed by atoms with Crippen LogP contribution in [0, 0.1) is 11.6 Å². The zero-order valence-corrected chi connectivity index (χ0v) is 10.3. The lowest BCUT2D eigenvalue weighted by Gasteiger charge is -2.13. The van der Waals surface area contributed by atoms with Gasteiger partial charge in [-0.1, -0.05) is 0 Å². The van der Waals surface area contributed by atoms with Crippen molar-refractivity contribution >= 4 is 23.5 Å². The first-order valence-electron chi connectivity index (χ1n) is 5.61. The summed E-state index contributed by atoms with van der Waals surface area (Å²) < 4.78 is 27.2. The topological polar surface area (TPSA) is 86.7 Å². The number of anilines is 1. The third-order valence-corrected chi connectivity index (χ3v) is 3.02. The number of halogens is 2. The second kappa shape index (κ2) is 4.87. The molecule has 2 rings (SSSR count). The van der Waals surface area contributed by atoms with Gasteiger partial charge < -0.3 is 10.4 Å². The van der Waals surface area contributed by atoms with Crippen LogP contribution < -0.4 is 5.32 Å². The first kappa shape index (κ1) is 13.9. The number of likely N-dealkylation sites (tertiary alicyclic amines) is 1. The fourth-order valence-corrected chi connectivity index (χ4v) is 1.88. The molecule has 0 aliphatic carbocycles. The number of carboxylic acids is 1. The highest BCUT2D eigenvalue weighted by Crippen LogP contribution is 2.23. The molecule has 1 unspecified atom stereocenters. The van der Waals surface area contributed by atoms with Crippen LogP contribution in [-0.2, 0) is 9.59 Å². The Morgan fingerprint density at radius 1 is 1.35 bits per heavy atom. The van der Waals surface area contributed by atoms with Crippen molar-refractivity contribution in [2.45, 2.75) is 12.5 Å². The normalized spacial score (nSPS) is 18.6. The van der Waals surface area contributed by atoms with Gasteiger partial charge in [0, 0.05) is 7.05 Å². The van der Waals surface area contributed by atoms with Gasteiger partial charge in [0.05, 0.1) is 17.7 Å². The number of nitrogens with one attached hydrogen (secondary N) is 1. The molecule has 1 atom stereocenters. The van der Waals surface area contributed by atoms with Gasteiger partial charge >= 0.3 is 5.97 Å². The van der Waals surface area contributed by atoms with Crippen molar-refractivity contribution in [1.29, 1.82) is 0 Å². The molecule has 2 amide bonds. The largest absolute Gasteiger partial charge is 0.478 e. The standard InChI is InChI=1S/C12H10F2N2O4/c1-16-8(17)4-7(11(16)18)15-6-3-2-5(12(19)20)9(13)10(6)14/h2-3,7,15H,4H2,1H3,(H,19,20). The zero-order chi connectivity index (χ0) is 15.0. The van der Waals surface area contributed by atoms with Gasteiger partial charge in [-0.15, -0.1) is 0 Å².